The first kappa shape index (κ1) is 22.3. The standard InChI is InChI=1S/C25H29ClN4O2/c1-15(2)19-10-6-11-20(16(3)4)22(19)27-25(31)30-13-7-12-21(30)24-28-23(29-32-24)17-8-5-9-18(26)14-17/h5-6,8-11,14-16,21H,7,12-13H2,1-4H3,(H,27,31). The maximum Gasteiger partial charge on any atom is 0.322 e. The Morgan fingerprint density at radius 1 is 1.12 bits per heavy atom. The van der Waals surface area contributed by atoms with E-state index in [2.05, 4.69) is 61.4 Å². The number of likely N-dealkylation sites (tertiary alicyclic amines) is 1. The van der Waals surface area contributed by atoms with Crippen LogP contribution in [0.15, 0.2) is 47.0 Å². The van der Waals surface area contributed by atoms with Gasteiger partial charge in [0.2, 0.25) is 11.7 Å². The summed E-state index contributed by atoms with van der Waals surface area (Å²) >= 11 is 6.09. The van der Waals surface area contributed by atoms with Gasteiger partial charge >= 0.3 is 6.03 Å². The van der Waals surface area contributed by atoms with Crippen molar-refractivity contribution in [3.63, 3.8) is 0 Å². The summed E-state index contributed by atoms with van der Waals surface area (Å²) in [5.41, 5.74) is 3.98. The van der Waals surface area contributed by atoms with Gasteiger partial charge in [0, 0.05) is 22.8 Å². The zero-order valence-corrected chi connectivity index (χ0v) is 19.7. The second kappa shape index (κ2) is 9.33. The van der Waals surface area contributed by atoms with Crippen LogP contribution in [0.3, 0.4) is 0 Å². The molecule has 2 amide bonds. The summed E-state index contributed by atoms with van der Waals surface area (Å²) in [5.74, 6) is 1.53. The van der Waals surface area contributed by atoms with E-state index in [1.807, 2.05) is 12.1 Å². The fraction of sp³-hybridized carbons (Fsp3) is 0.400. The number of para-hydroxylation sites is 1. The minimum atomic E-state index is -0.246. The van der Waals surface area contributed by atoms with Gasteiger partial charge in [0.05, 0.1) is 0 Å². The van der Waals surface area contributed by atoms with Gasteiger partial charge in [-0.2, -0.15) is 4.98 Å². The van der Waals surface area contributed by atoms with Crippen LogP contribution in [0.5, 0.6) is 0 Å². The van der Waals surface area contributed by atoms with Crippen LogP contribution in [0.4, 0.5) is 10.5 Å². The van der Waals surface area contributed by atoms with Crippen LogP contribution in [-0.2, 0) is 0 Å². The van der Waals surface area contributed by atoms with Crippen molar-refractivity contribution in [3.8, 4) is 11.4 Å². The van der Waals surface area contributed by atoms with Gasteiger partial charge < -0.3 is 14.7 Å². The third-order valence-electron chi connectivity index (χ3n) is 5.93. The second-order valence-electron chi connectivity index (χ2n) is 8.87. The number of urea groups is 1. The zero-order chi connectivity index (χ0) is 22.8. The summed E-state index contributed by atoms with van der Waals surface area (Å²) in [5, 5.41) is 7.94. The Bertz CT molecular complexity index is 1080. The van der Waals surface area contributed by atoms with Crippen LogP contribution in [0.25, 0.3) is 11.4 Å². The molecule has 0 saturated carbocycles. The molecule has 1 aliphatic rings. The van der Waals surface area contributed by atoms with Gasteiger partial charge in [0.1, 0.15) is 6.04 Å². The Balaban J connectivity index is 1.58. The molecule has 0 spiro atoms. The molecule has 1 aliphatic heterocycles. The van der Waals surface area contributed by atoms with Gasteiger partial charge in [0.15, 0.2) is 0 Å². The average Bonchev–Trinajstić information content (AvgIpc) is 3.43. The molecular weight excluding hydrogens is 424 g/mol. The van der Waals surface area contributed by atoms with Gasteiger partial charge in [0.25, 0.3) is 0 Å². The van der Waals surface area contributed by atoms with Crippen molar-refractivity contribution in [1.82, 2.24) is 15.0 Å². The number of carbonyl (C=O) groups excluding carboxylic acids is 1. The SMILES string of the molecule is CC(C)c1cccc(C(C)C)c1NC(=O)N1CCCC1c1nc(-c2cccc(Cl)c2)no1. The molecular formula is C25H29ClN4O2. The van der Waals surface area contributed by atoms with E-state index < -0.39 is 0 Å². The highest BCUT2D eigenvalue weighted by Gasteiger charge is 2.35. The normalized spacial score (nSPS) is 16.2. The van der Waals surface area contributed by atoms with Crippen molar-refractivity contribution in [1.29, 1.82) is 0 Å². The number of nitrogens with zero attached hydrogens (tertiary/aromatic N) is 3. The van der Waals surface area contributed by atoms with Crippen molar-refractivity contribution < 1.29 is 9.32 Å². The van der Waals surface area contributed by atoms with Crippen LogP contribution in [-0.4, -0.2) is 27.6 Å². The molecule has 3 aromatic rings. The maximum atomic E-state index is 13.4. The van der Waals surface area contributed by atoms with Crippen molar-refractivity contribution in [2.24, 2.45) is 0 Å². The van der Waals surface area contributed by atoms with Gasteiger partial charge in [-0.1, -0.05) is 74.8 Å². The molecule has 1 fully saturated rings. The Morgan fingerprint density at radius 3 is 2.47 bits per heavy atom. The van der Waals surface area contributed by atoms with E-state index in [1.54, 1.807) is 17.0 Å². The fourth-order valence-corrected chi connectivity index (χ4v) is 4.45. The highest BCUT2D eigenvalue weighted by molar-refractivity contribution is 6.30. The summed E-state index contributed by atoms with van der Waals surface area (Å²) in [6.07, 6.45) is 1.67. The molecule has 1 aromatic heterocycles. The van der Waals surface area contributed by atoms with Crippen molar-refractivity contribution in [2.75, 3.05) is 11.9 Å². The van der Waals surface area contributed by atoms with E-state index in [-0.39, 0.29) is 12.1 Å². The Hall–Kier alpha value is -2.86. The lowest BCUT2D eigenvalue weighted by Crippen LogP contribution is -2.35. The van der Waals surface area contributed by atoms with Crippen molar-refractivity contribution in [2.45, 2.75) is 58.4 Å². The number of aromatic nitrogens is 2. The molecule has 4 rings (SSSR count). The van der Waals surface area contributed by atoms with Crippen LogP contribution in [0.2, 0.25) is 5.02 Å². The summed E-state index contributed by atoms with van der Waals surface area (Å²) in [7, 11) is 0. The molecule has 1 N–H and O–H groups in total. The molecule has 0 radical (unpaired) electrons. The van der Waals surface area contributed by atoms with Gasteiger partial charge in [-0.3, -0.25) is 0 Å². The number of benzene rings is 2. The number of halogens is 1. The van der Waals surface area contributed by atoms with Crippen LogP contribution < -0.4 is 5.32 Å². The van der Waals surface area contributed by atoms with E-state index >= 15 is 0 Å². The number of carbonyl (C=O) groups is 1. The predicted octanol–water partition coefficient (Wildman–Crippen LogP) is 7.01. The molecule has 0 bridgehead atoms. The molecule has 32 heavy (non-hydrogen) atoms. The molecule has 2 heterocycles. The zero-order valence-electron chi connectivity index (χ0n) is 18.9. The number of rotatable bonds is 5. The average molecular weight is 453 g/mol. The molecule has 0 aliphatic carbocycles. The van der Waals surface area contributed by atoms with E-state index in [4.69, 9.17) is 16.1 Å². The lowest BCUT2D eigenvalue weighted by atomic mass is 9.93. The first-order valence-electron chi connectivity index (χ1n) is 11.1. The highest BCUT2D eigenvalue weighted by atomic mass is 35.5. The van der Waals surface area contributed by atoms with Crippen molar-refractivity contribution in [3.05, 3.63) is 64.5 Å². The molecule has 2 aromatic carbocycles. The van der Waals surface area contributed by atoms with Gasteiger partial charge in [-0.05, 0) is 47.9 Å². The number of anilines is 1. The second-order valence-corrected chi connectivity index (χ2v) is 9.31. The Kier molecular flexibility index (Phi) is 6.51. The highest BCUT2D eigenvalue weighted by Crippen LogP contribution is 2.36. The number of amides is 2. The summed E-state index contributed by atoms with van der Waals surface area (Å²) < 4.78 is 5.57. The summed E-state index contributed by atoms with van der Waals surface area (Å²) in [6, 6.07) is 13.2. The maximum absolute atomic E-state index is 13.4. The first-order valence-corrected chi connectivity index (χ1v) is 11.5. The van der Waals surface area contributed by atoms with Gasteiger partial charge in [-0.15, -0.1) is 0 Å². The molecule has 6 nitrogen and oxygen atoms in total. The lowest BCUT2D eigenvalue weighted by molar-refractivity contribution is 0.193. The van der Waals surface area contributed by atoms with Crippen LogP contribution >= 0.6 is 11.6 Å². The topological polar surface area (TPSA) is 71.3 Å². The van der Waals surface area contributed by atoms with Crippen molar-refractivity contribution >= 4 is 23.3 Å². The van der Waals surface area contributed by atoms with E-state index in [0.29, 0.717) is 35.1 Å². The monoisotopic (exact) mass is 452 g/mol. The largest absolute Gasteiger partial charge is 0.337 e. The van der Waals surface area contributed by atoms with E-state index in [9.17, 15) is 4.79 Å². The summed E-state index contributed by atoms with van der Waals surface area (Å²) in [6.45, 7) is 9.21. The lowest BCUT2D eigenvalue weighted by Gasteiger charge is -2.25. The first-order chi connectivity index (χ1) is 15.3. The van der Waals surface area contributed by atoms with Gasteiger partial charge in [-0.25, -0.2) is 4.79 Å². The third kappa shape index (κ3) is 4.51. The molecule has 1 saturated heterocycles. The van der Waals surface area contributed by atoms with Crippen LogP contribution in [0, 0.1) is 0 Å². The molecule has 7 heteroatoms. The number of hydrogen-bond donors (Lipinski definition) is 1. The molecule has 1 unspecified atom stereocenters. The minimum absolute atomic E-state index is 0.134. The molecule has 1 atom stereocenters. The Morgan fingerprint density at radius 2 is 1.81 bits per heavy atom. The fourth-order valence-electron chi connectivity index (χ4n) is 4.26. The predicted molar refractivity (Wildman–Crippen MR) is 127 cm³/mol. The minimum Gasteiger partial charge on any atom is -0.337 e. The smallest absolute Gasteiger partial charge is 0.322 e. The van der Waals surface area contributed by atoms with E-state index in [0.717, 1.165) is 35.2 Å². The Labute approximate surface area is 194 Å². The quantitative estimate of drug-likeness (QED) is 0.452. The molecule has 168 valence electrons. The number of nitrogens with one attached hydrogen (secondary N) is 1. The number of hydrogen-bond acceptors (Lipinski definition) is 4. The summed E-state index contributed by atoms with van der Waals surface area (Å²) in [4.78, 5) is 19.8. The van der Waals surface area contributed by atoms with Crippen LogP contribution in [0.1, 0.15) is 75.4 Å². The third-order valence-corrected chi connectivity index (χ3v) is 6.16. The van der Waals surface area contributed by atoms with E-state index in [1.165, 1.54) is 0 Å².